The molecule has 0 saturated carbocycles. The van der Waals surface area contributed by atoms with Gasteiger partial charge in [-0.25, -0.2) is 4.79 Å². The van der Waals surface area contributed by atoms with Crippen LogP contribution in [0.2, 0.25) is 5.02 Å². The van der Waals surface area contributed by atoms with Crippen LogP contribution >= 0.6 is 11.6 Å². The smallest absolute Gasteiger partial charge is 0.326 e. The van der Waals surface area contributed by atoms with Gasteiger partial charge in [0.05, 0.1) is 10.6 Å². The molecule has 0 unspecified atom stereocenters. The van der Waals surface area contributed by atoms with Gasteiger partial charge in [0.2, 0.25) is 0 Å². The van der Waals surface area contributed by atoms with E-state index in [1.54, 1.807) is 0 Å². The maximum Gasteiger partial charge on any atom is 0.326 e. The zero-order valence-corrected chi connectivity index (χ0v) is 10.4. The van der Waals surface area contributed by atoms with Crippen LogP contribution in [-0.2, 0) is 4.79 Å². The SMILES string of the molecule is O=C(O)[C@@H]1CCCCN1C(=O)c1ccncc1Cl. The van der Waals surface area contributed by atoms with Crippen molar-refractivity contribution < 1.29 is 14.7 Å². The summed E-state index contributed by atoms with van der Waals surface area (Å²) in [6.45, 7) is 0.453. The van der Waals surface area contributed by atoms with Crippen molar-refractivity contribution in [1.82, 2.24) is 9.88 Å². The van der Waals surface area contributed by atoms with Gasteiger partial charge in [0.1, 0.15) is 6.04 Å². The van der Waals surface area contributed by atoms with E-state index in [9.17, 15) is 9.59 Å². The third kappa shape index (κ3) is 2.46. The second-order valence-electron chi connectivity index (χ2n) is 4.20. The molecule has 1 aliphatic heterocycles. The van der Waals surface area contributed by atoms with Crippen LogP contribution in [-0.4, -0.2) is 39.5 Å². The zero-order chi connectivity index (χ0) is 13.1. The zero-order valence-electron chi connectivity index (χ0n) is 9.67. The van der Waals surface area contributed by atoms with E-state index in [-0.39, 0.29) is 10.9 Å². The minimum Gasteiger partial charge on any atom is -0.480 e. The van der Waals surface area contributed by atoms with Gasteiger partial charge in [-0.3, -0.25) is 9.78 Å². The van der Waals surface area contributed by atoms with Crippen LogP contribution in [0.1, 0.15) is 29.6 Å². The Balaban J connectivity index is 2.27. The molecule has 0 spiro atoms. The van der Waals surface area contributed by atoms with Crippen LogP contribution in [0.5, 0.6) is 0 Å². The first-order chi connectivity index (χ1) is 8.61. The number of halogens is 1. The summed E-state index contributed by atoms with van der Waals surface area (Å²) in [5.41, 5.74) is 0.305. The van der Waals surface area contributed by atoms with Crippen molar-refractivity contribution in [2.45, 2.75) is 25.3 Å². The van der Waals surface area contributed by atoms with Crippen LogP contribution < -0.4 is 0 Å². The molecule has 1 atom stereocenters. The first kappa shape index (κ1) is 12.8. The molecule has 0 bridgehead atoms. The number of carboxylic acids is 1. The molecule has 1 aromatic heterocycles. The van der Waals surface area contributed by atoms with Crippen molar-refractivity contribution in [3.63, 3.8) is 0 Å². The van der Waals surface area contributed by atoms with Gasteiger partial charge in [-0.1, -0.05) is 11.6 Å². The number of piperidine rings is 1. The standard InChI is InChI=1S/C12H13ClN2O3/c13-9-7-14-5-4-8(9)11(16)15-6-2-1-3-10(15)12(17)18/h4-5,7,10H,1-3,6H2,(H,17,18)/t10-/m0/s1. The fraction of sp³-hybridized carbons (Fsp3) is 0.417. The highest BCUT2D eigenvalue weighted by molar-refractivity contribution is 6.33. The summed E-state index contributed by atoms with van der Waals surface area (Å²) in [6, 6.07) is 0.758. The van der Waals surface area contributed by atoms with Crippen LogP contribution in [0.3, 0.4) is 0 Å². The van der Waals surface area contributed by atoms with E-state index in [1.807, 2.05) is 0 Å². The Morgan fingerprint density at radius 2 is 2.22 bits per heavy atom. The number of amides is 1. The van der Waals surface area contributed by atoms with Gasteiger partial charge < -0.3 is 10.0 Å². The molecule has 6 heteroatoms. The summed E-state index contributed by atoms with van der Waals surface area (Å²) in [4.78, 5) is 28.6. The summed E-state index contributed by atoms with van der Waals surface area (Å²) in [5, 5.41) is 9.38. The number of aromatic nitrogens is 1. The van der Waals surface area contributed by atoms with E-state index < -0.39 is 12.0 Å². The third-order valence-corrected chi connectivity index (χ3v) is 3.35. The largest absolute Gasteiger partial charge is 0.480 e. The number of carboxylic acid groups (broad SMARTS) is 1. The molecule has 1 saturated heterocycles. The minimum atomic E-state index is -0.965. The van der Waals surface area contributed by atoms with E-state index in [2.05, 4.69) is 4.98 Å². The summed E-state index contributed by atoms with van der Waals surface area (Å²) in [6.07, 6.45) is 4.99. The minimum absolute atomic E-state index is 0.247. The van der Waals surface area contributed by atoms with Gasteiger partial charge in [0.15, 0.2) is 0 Å². The summed E-state index contributed by atoms with van der Waals surface area (Å²) >= 11 is 5.91. The predicted molar refractivity (Wildman–Crippen MR) is 65.6 cm³/mol. The maximum absolute atomic E-state index is 12.3. The second kappa shape index (κ2) is 5.35. The average molecular weight is 269 g/mol. The highest BCUT2D eigenvalue weighted by atomic mass is 35.5. The van der Waals surface area contributed by atoms with Gasteiger partial charge in [-0.05, 0) is 25.3 Å². The van der Waals surface area contributed by atoms with Gasteiger partial charge in [0, 0.05) is 18.9 Å². The monoisotopic (exact) mass is 268 g/mol. The van der Waals surface area contributed by atoms with E-state index in [0.717, 1.165) is 12.8 Å². The Morgan fingerprint density at radius 3 is 2.89 bits per heavy atom. The number of rotatable bonds is 2. The fourth-order valence-electron chi connectivity index (χ4n) is 2.13. The lowest BCUT2D eigenvalue weighted by Crippen LogP contribution is -2.48. The molecular weight excluding hydrogens is 256 g/mol. The number of carbonyl (C=O) groups excluding carboxylic acids is 1. The van der Waals surface area contributed by atoms with Gasteiger partial charge in [-0.15, -0.1) is 0 Å². The second-order valence-corrected chi connectivity index (χ2v) is 4.61. The number of nitrogens with zero attached hydrogens (tertiary/aromatic N) is 2. The van der Waals surface area contributed by atoms with Crippen molar-refractivity contribution in [3.8, 4) is 0 Å². The molecule has 1 amide bonds. The molecule has 18 heavy (non-hydrogen) atoms. The number of hydrogen-bond donors (Lipinski definition) is 1. The van der Waals surface area contributed by atoms with E-state index >= 15 is 0 Å². The number of carbonyl (C=O) groups is 2. The van der Waals surface area contributed by atoms with Crippen molar-refractivity contribution in [2.24, 2.45) is 0 Å². The molecule has 96 valence electrons. The Morgan fingerprint density at radius 1 is 1.44 bits per heavy atom. The van der Waals surface area contributed by atoms with Gasteiger partial charge >= 0.3 is 5.97 Å². The number of aliphatic carboxylic acids is 1. The van der Waals surface area contributed by atoms with Crippen LogP contribution in [0.25, 0.3) is 0 Å². The lowest BCUT2D eigenvalue weighted by atomic mass is 10.0. The molecule has 2 rings (SSSR count). The highest BCUT2D eigenvalue weighted by Gasteiger charge is 2.33. The summed E-state index contributed by atoms with van der Waals surface area (Å²) in [7, 11) is 0. The Hall–Kier alpha value is -1.62. The third-order valence-electron chi connectivity index (χ3n) is 3.05. The molecule has 2 heterocycles. The Kier molecular flexibility index (Phi) is 3.81. The molecule has 1 aliphatic rings. The quantitative estimate of drug-likeness (QED) is 0.888. The van der Waals surface area contributed by atoms with Crippen molar-refractivity contribution in [2.75, 3.05) is 6.54 Å². The maximum atomic E-state index is 12.3. The molecule has 0 aliphatic carbocycles. The molecule has 0 aromatic carbocycles. The summed E-state index contributed by atoms with van der Waals surface area (Å²) in [5.74, 6) is -1.30. The van der Waals surface area contributed by atoms with E-state index in [0.29, 0.717) is 18.5 Å². The number of pyridine rings is 1. The summed E-state index contributed by atoms with van der Waals surface area (Å²) < 4.78 is 0. The average Bonchev–Trinajstić information content (AvgIpc) is 2.38. The fourth-order valence-corrected chi connectivity index (χ4v) is 2.33. The van der Waals surface area contributed by atoms with E-state index in [4.69, 9.17) is 16.7 Å². The van der Waals surface area contributed by atoms with Crippen LogP contribution in [0.15, 0.2) is 18.5 Å². The van der Waals surface area contributed by atoms with Gasteiger partial charge in [-0.2, -0.15) is 0 Å². The van der Waals surface area contributed by atoms with E-state index in [1.165, 1.54) is 23.4 Å². The van der Waals surface area contributed by atoms with Crippen molar-refractivity contribution >= 4 is 23.5 Å². The normalized spacial score (nSPS) is 19.6. The lowest BCUT2D eigenvalue weighted by molar-refractivity contribution is -0.143. The molecular formula is C12H13ClN2O3. The molecule has 5 nitrogen and oxygen atoms in total. The Labute approximate surface area is 109 Å². The molecule has 0 radical (unpaired) electrons. The number of hydrogen-bond acceptors (Lipinski definition) is 3. The number of likely N-dealkylation sites (tertiary alicyclic amines) is 1. The molecule has 1 N–H and O–H groups in total. The van der Waals surface area contributed by atoms with Crippen LogP contribution in [0.4, 0.5) is 0 Å². The van der Waals surface area contributed by atoms with Crippen molar-refractivity contribution in [1.29, 1.82) is 0 Å². The lowest BCUT2D eigenvalue weighted by Gasteiger charge is -2.33. The molecule has 1 aromatic rings. The van der Waals surface area contributed by atoms with Gasteiger partial charge in [0.25, 0.3) is 5.91 Å². The highest BCUT2D eigenvalue weighted by Crippen LogP contribution is 2.22. The van der Waals surface area contributed by atoms with Crippen LogP contribution in [0, 0.1) is 0 Å². The first-order valence-corrected chi connectivity index (χ1v) is 6.12. The van der Waals surface area contributed by atoms with Crippen molar-refractivity contribution in [3.05, 3.63) is 29.0 Å². The predicted octanol–water partition coefficient (Wildman–Crippen LogP) is 1.81. The Bertz CT molecular complexity index is 478. The topological polar surface area (TPSA) is 70.5 Å². The molecule has 1 fully saturated rings. The first-order valence-electron chi connectivity index (χ1n) is 5.74.